The first-order valence-electron chi connectivity index (χ1n) is 9.60. The highest BCUT2D eigenvalue weighted by molar-refractivity contribution is 6.22. The van der Waals surface area contributed by atoms with Crippen LogP contribution in [0.5, 0.6) is 5.75 Å². The number of imide groups is 1. The SMILES string of the molecule is COc1ccccc1NC(=O)c1cccc(N2C(=O)[C@H]3[C@H](C)C=CC[C@H]3C2=O)c1. The molecule has 1 fully saturated rings. The summed E-state index contributed by atoms with van der Waals surface area (Å²) in [6.07, 6.45) is 4.54. The molecule has 0 unspecified atom stereocenters. The molecule has 0 bridgehead atoms. The number of hydrogen-bond acceptors (Lipinski definition) is 4. The second kappa shape index (κ2) is 7.54. The molecule has 1 heterocycles. The van der Waals surface area contributed by atoms with E-state index in [-0.39, 0.29) is 35.5 Å². The Morgan fingerprint density at radius 3 is 2.66 bits per heavy atom. The van der Waals surface area contributed by atoms with Crippen molar-refractivity contribution in [3.63, 3.8) is 0 Å². The van der Waals surface area contributed by atoms with Gasteiger partial charge in [0, 0.05) is 5.56 Å². The minimum atomic E-state index is -0.345. The topological polar surface area (TPSA) is 75.7 Å². The van der Waals surface area contributed by atoms with E-state index >= 15 is 0 Å². The molecule has 1 aliphatic carbocycles. The number of carbonyl (C=O) groups is 3. The van der Waals surface area contributed by atoms with Crippen LogP contribution in [0.3, 0.4) is 0 Å². The quantitative estimate of drug-likeness (QED) is 0.639. The third-order valence-corrected chi connectivity index (χ3v) is 5.59. The van der Waals surface area contributed by atoms with Crippen LogP contribution in [0.1, 0.15) is 23.7 Å². The van der Waals surface area contributed by atoms with E-state index in [1.807, 2.05) is 25.1 Å². The van der Waals surface area contributed by atoms with Crippen LogP contribution in [0.15, 0.2) is 60.7 Å². The number of carbonyl (C=O) groups excluding carboxylic acids is 3. The van der Waals surface area contributed by atoms with Gasteiger partial charge in [-0.3, -0.25) is 19.3 Å². The Kier molecular flexibility index (Phi) is 4.92. The molecule has 6 heteroatoms. The molecule has 3 atom stereocenters. The molecule has 2 aromatic rings. The molecular weight excluding hydrogens is 368 g/mol. The molecule has 2 aliphatic rings. The molecule has 148 valence electrons. The summed E-state index contributed by atoms with van der Waals surface area (Å²) < 4.78 is 5.26. The maximum atomic E-state index is 13.0. The number of hydrogen-bond donors (Lipinski definition) is 1. The number of methoxy groups -OCH3 is 1. The molecule has 3 amide bonds. The molecule has 0 spiro atoms. The fourth-order valence-corrected chi connectivity index (χ4v) is 4.13. The van der Waals surface area contributed by atoms with E-state index in [9.17, 15) is 14.4 Å². The average Bonchev–Trinajstić information content (AvgIpc) is 2.99. The van der Waals surface area contributed by atoms with Gasteiger partial charge in [-0.15, -0.1) is 0 Å². The van der Waals surface area contributed by atoms with Gasteiger partial charge < -0.3 is 10.1 Å². The number of nitrogens with one attached hydrogen (secondary N) is 1. The standard InChI is InChI=1S/C23H22N2O4/c1-14-7-5-10-17-20(14)23(28)25(22(17)27)16-9-6-8-15(13-16)21(26)24-18-11-3-4-12-19(18)29-2/h3-9,11-14,17,20H,10H2,1-2H3,(H,24,26)/t14-,17-,20+/m1/s1. The van der Waals surface area contributed by atoms with E-state index in [1.165, 1.54) is 12.0 Å². The van der Waals surface area contributed by atoms with Crippen molar-refractivity contribution in [2.75, 3.05) is 17.3 Å². The summed E-state index contributed by atoms with van der Waals surface area (Å²) in [5.74, 6) is -0.827. The number of rotatable bonds is 4. The van der Waals surface area contributed by atoms with Crippen molar-refractivity contribution in [3.05, 3.63) is 66.2 Å². The van der Waals surface area contributed by atoms with Crippen LogP contribution in [0.25, 0.3) is 0 Å². The molecule has 1 aliphatic heterocycles. The van der Waals surface area contributed by atoms with Crippen LogP contribution in [0.4, 0.5) is 11.4 Å². The lowest BCUT2D eigenvalue weighted by molar-refractivity contribution is -0.122. The van der Waals surface area contributed by atoms with E-state index in [1.54, 1.807) is 42.5 Å². The number of ether oxygens (including phenoxy) is 1. The van der Waals surface area contributed by atoms with E-state index in [4.69, 9.17) is 4.74 Å². The van der Waals surface area contributed by atoms with Gasteiger partial charge in [-0.2, -0.15) is 0 Å². The van der Waals surface area contributed by atoms with Crippen molar-refractivity contribution in [3.8, 4) is 5.75 Å². The van der Waals surface area contributed by atoms with Crippen molar-refractivity contribution in [1.82, 2.24) is 0 Å². The minimum absolute atomic E-state index is 0.0206. The molecule has 0 radical (unpaired) electrons. The number of anilines is 2. The number of para-hydroxylation sites is 2. The molecule has 29 heavy (non-hydrogen) atoms. The summed E-state index contributed by atoms with van der Waals surface area (Å²) in [6, 6.07) is 13.7. The van der Waals surface area contributed by atoms with E-state index < -0.39 is 0 Å². The van der Waals surface area contributed by atoms with Crippen LogP contribution < -0.4 is 15.0 Å². The highest BCUT2D eigenvalue weighted by atomic mass is 16.5. The van der Waals surface area contributed by atoms with Gasteiger partial charge in [0.25, 0.3) is 5.91 Å². The molecule has 6 nitrogen and oxygen atoms in total. The van der Waals surface area contributed by atoms with Crippen molar-refractivity contribution >= 4 is 29.1 Å². The third-order valence-electron chi connectivity index (χ3n) is 5.59. The van der Waals surface area contributed by atoms with Crippen LogP contribution in [-0.2, 0) is 9.59 Å². The van der Waals surface area contributed by atoms with Gasteiger partial charge in [0.1, 0.15) is 5.75 Å². The summed E-state index contributed by atoms with van der Waals surface area (Å²) in [5, 5.41) is 2.81. The first-order valence-corrected chi connectivity index (χ1v) is 9.60. The monoisotopic (exact) mass is 390 g/mol. The lowest BCUT2D eigenvalue weighted by atomic mass is 9.78. The lowest BCUT2D eigenvalue weighted by Gasteiger charge is -2.22. The van der Waals surface area contributed by atoms with Crippen molar-refractivity contribution in [1.29, 1.82) is 0 Å². The van der Waals surface area contributed by atoms with Crippen LogP contribution in [0.2, 0.25) is 0 Å². The van der Waals surface area contributed by atoms with Gasteiger partial charge in [0.05, 0.1) is 30.3 Å². The van der Waals surface area contributed by atoms with Crippen molar-refractivity contribution in [2.24, 2.45) is 17.8 Å². The molecule has 0 aromatic heterocycles. The van der Waals surface area contributed by atoms with Crippen LogP contribution in [-0.4, -0.2) is 24.8 Å². The Morgan fingerprint density at radius 2 is 1.90 bits per heavy atom. The third kappa shape index (κ3) is 3.31. The second-order valence-electron chi connectivity index (χ2n) is 7.37. The number of nitrogens with zero attached hydrogens (tertiary/aromatic N) is 1. The fourth-order valence-electron chi connectivity index (χ4n) is 4.13. The largest absolute Gasteiger partial charge is 0.495 e. The molecule has 1 saturated heterocycles. The molecule has 1 N–H and O–H groups in total. The normalized spacial score (nSPS) is 23.1. The first kappa shape index (κ1) is 18.9. The molecule has 0 saturated carbocycles. The first-order chi connectivity index (χ1) is 14.0. The Balaban J connectivity index is 1.60. The molecular formula is C23H22N2O4. The average molecular weight is 390 g/mol. The van der Waals surface area contributed by atoms with E-state index in [0.29, 0.717) is 29.1 Å². The predicted molar refractivity (Wildman–Crippen MR) is 110 cm³/mol. The maximum Gasteiger partial charge on any atom is 0.255 e. The molecule has 4 rings (SSSR count). The van der Waals surface area contributed by atoms with E-state index in [0.717, 1.165) is 0 Å². The Morgan fingerprint density at radius 1 is 1.10 bits per heavy atom. The lowest BCUT2D eigenvalue weighted by Crippen LogP contribution is -2.31. The van der Waals surface area contributed by atoms with E-state index in [2.05, 4.69) is 5.32 Å². The zero-order valence-corrected chi connectivity index (χ0v) is 16.3. The Hall–Kier alpha value is -3.41. The predicted octanol–water partition coefficient (Wildman–Crippen LogP) is 3.65. The summed E-state index contributed by atoms with van der Waals surface area (Å²) in [7, 11) is 1.53. The summed E-state index contributed by atoms with van der Waals surface area (Å²) in [5.41, 5.74) is 1.33. The number of amides is 3. The summed E-state index contributed by atoms with van der Waals surface area (Å²) in [6.45, 7) is 1.96. The van der Waals surface area contributed by atoms with Gasteiger partial charge >= 0.3 is 0 Å². The summed E-state index contributed by atoms with van der Waals surface area (Å²) >= 11 is 0. The van der Waals surface area contributed by atoms with Crippen LogP contribution in [0, 0.1) is 17.8 Å². The van der Waals surface area contributed by atoms with Crippen molar-refractivity contribution < 1.29 is 19.1 Å². The highest BCUT2D eigenvalue weighted by Gasteiger charge is 2.50. The van der Waals surface area contributed by atoms with Gasteiger partial charge in [0.15, 0.2) is 0 Å². The highest BCUT2D eigenvalue weighted by Crippen LogP contribution is 2.40. The van der Waals surface area contributed by atoms with Crippen LogP contribution >= 0.6 is 0 Å². The zero-order valence-electron chi connectivity index (χ0n) is 16.3. The Bertz CT molecular complexity index is 1010. The maximum absolute atomic E-state index is 13.0. The number of allylic oxidation sites excluding steroid dienone is 2. The van der Waals surface area contributed by atoms with Gasteiger partial charge in [-0.25, -0.2) is 0 Å². The van der Waals surface area contributed by atoms with Gasteiger partial charge in [0.2, 0.25) is 11.8 Å². The minimum Gasteiger partial charge on any atom is -0.495 e. The number of benzene rings is 2. The molecule has 2 aromatic carbocycles. The number of fused-ring (bicyclic) bond motifs is 1. The zero-order chi connectivity index (χ0) is 20.5. The second-order valence-corrected chi connectivity index (χ2v) is 7.37. The smallest absolute Gasteiger partial charge is 0.255 e. The Labute approximate surface area is 169 Å². The van der Waals surface area contributed by atoms with Crippen molar-refractivity contribution in [2.45, 2.75) is 13.3 Å². The summed E-state index contributed by atoms with van der Waals surface area (Å²) in [4.78, 5) is 39.9. The van der Waals surface area contributed by atoms with Gasteiger partial charge in [-0.05, 0) is 42.7 Å². The van der Waals surface area contributed by atoms with Gasteiger partial charge in [-0.1, -0.05) is 37.3 Å². The fraction of sp³-hybridized carbons (Fsp3) is 0.261.